The molecule has 18 heavy (non-hydrogen) atoms. The topological polar surface area (TPSA) is 50.4 Å². The minimum atomic E-state index is 0.0782. The molecule has 0 unspecified atom stereocenters. The molecule has 2 N–H and O–H groups in total. The number of hydrogen-bond donors (Lipinski definition) is 2. The number of anilines is 1. The summed E-state index contributed by atoms with van der Waals surface area (Å²) < 4.78 is 5.41. The molecule has 1 aliphatic rings. The Morgan fingerprint density at radius 3 is 3.17 bits per heavy atom. The predicted octanol–water partition coefficient (Wildman–Crippen LogP) is 2.02. The van der Waals surface area contributed by atoms with Gasteiger partial charge in [0.1, 0.15) is 5.75 Å². The van der Waals surface area contributed by atoms with Gasteiger partial charge >= 0.3 is 0 Å². The van der Waals surface area contributed by atoms with Crippen LogP contribution >= 0.6 is 0 Å². The highest BCUT2D eigenvalue weighted by Crippen LogP contribution is 2.19. The van der Waals surface area contributed by atoms with Crippen molar-refractivity contribution in [1.82, 2.24) is 5.32 Å². The molecule has 0 aliphatic carbocycles. The third kappa shape index (κ3) is 3.47. The largest absolute Gasteiger partial charge is 0.494 e. The maximum atomic E-state index is 12.0. The van der Waals surface area contributed by atoms with Crippen LogP contribution in [0, 0.1) is 5.92 Å². The molecule has 4 nitrogen and oxygen atoms in total. The Morgan fingerprint density at radius 1 is 1.56 bits per heavy atom. The van der Waals surface area contributed by atoms with E-state index in [2.05, 4.69) is 10.6 Å². The summed E-state index contributed by atoms with van der Waals surface area (Å²) in [5, 5.41) is 6.20. The van der Waals surface area contributed by atoms with Gasteiger partial charge in [-0.05, 0) is 38.4 Å². The van der Waals surface area contributed by atoms with Gasteiger partial charge in [-0.3, -0.25) is 4.79 Å². The molecular weight excluding hydrogens is 228 g/mol. The van der Waals surface area contributed by atoms with E-state index in [1.807, 2.05) is 31.2 Å². The number of rotatable bonds is 4. The molecule has 1 saturated heterocycles. The lowest BCUT2D eigenvalue weighted by molar-refractivity contribution is -0.120. The van der Waals surface area contributed by atoms with Gasteiger partial charge in [-0.2, -0.15) is 0 Å². The molecule has 0 spiro atoms. The Labute approximate surface area is 108 Å². The van der Waals surface area contributed by atoms with E-state index in [1.54, 1.807) is 0 Å². The average Bonchev–Trinajstić information content (AvgIpc) is 2.40. The molecule has 1 fully saturated rings. The van der Waals surface area contributed by atoms with Crippen LogP contribution in [-0.4, -0.2) is 25.6 Å². The van der Waals surface area contributed by atoms with Crippen molar-refractivity contribution in [2.75, 3.05) is 25.0 Å². The molecule has 1 aromatic rings. The number of hydrogen-bond acceptors (Lipinski definition) is 3. The number of nitrogens with one attached hydrogen (secondary N) is 2. The number of carbonyl (C=O) groups is 1. The van der Waals surface area contributed by atoms with Crippen molar-refractivity contribution in [3.05, 3.63) is 24.3 Å². The van der Waals surface area contributed by atoms with Crippen LogP contribution in [0.15, 0.2) is 24.3 Å². The quantitative estimate of drug-likeness (QED) is 0.857. The van der Waals surface area contributed by atoms with Crippen molar-refractivity contribution in [3.8, 4) is 5.75 Å². The van der Waals surface area contributed by atoms with Crippen molar-refractivity contribution >= 4 is 11.6 Å². The third-order valence-corrected chi connectivity index (χ3v) is 3.08. The smallest absolute Gasteiger partial charge is 0.228 e. The first kappa shape index (κ1) is 12.9. The zero-order chi connectivity index (χ0) is 12.8. The minimum absolute atomic E-state index is 0.0782. The van der Waals surface area contributed by atoms with Crippen molar-refractivity contribution in [3.63, 3.8) is 0 Å². The minimum Gasteiger partial charge on any atom is -0.494 e. The molecule has 0 saturated carbocycles. The number of carbonyl (C=O) groups excluding carboxylic acids is 1. The van der Waals surface area contributed by atoms with Crippen LogP contribution in [-0.2, 0) is 4.79 Å². The lowest BCUT2D eigenvalue weighted by Gasteiger charge is -2.22. The van der Waals surface area contributed by atoms with Crippen molar-refractivity contribution < 1.29 is 9.53 Å². The molecule has 1 aliphatic heterocycles. The van der Waals surface area contributed by atoms with Crippen LogP contribution in [0.5, 0.6) is 5.75 Å². The highest BCUT2D eigenvalue weighted by molar-refractivity contribution is 5.92. The highest BCUT2D eigenvalue weighted by atomic mass is 16.5. The van der Waals surface area contributed by atoms with E-state index in [9.17, 15) is 4.79 Å². The van der Waals surface area contributed by atoms with Gasteiger partial charge in [0.25, 0.3) is 0 Å². The molecular formula is C14H20N2O2. The molecule has 98 valence electrons. The number of ether oxygens (including phenoxy) is 1. The Balaban J connectivity index is 1.95. The van der Waals surface area contributed by atoms with Crippen molar-refractivity contribution in [2.45, 2.75) is 19.8 Å². The predicted molar refractivity (Wildman–Crippen MR) is 71.8 cm³/mol. The normalized spacial score (nSPS) is 19.3. The summed E-state index contributed by atoms with van der Waals surface area (Å²) in [5.74, 6) is 0.961. The maximum absolute atomic E-state index is 12.0. The van der Waals surface area contributed by atoms with Crippen LogP contribution in [0.1, 0.15) is 19.8 Å². The van der Waals surface area contributed by atoms with E-state index < -0.39 is 0 Å². The lowest BCUT2D eigenvalue weighted by Crippen LogP contribution is -2.37. The fourth-order valence-electron chi connectivity index (χ4n) is 2.15. The van der Waals surface area contributed by atoms with Crippen molar-refractivity contribution in [1.29, 1.82) is 0 Å². The first-order chi connectivity index (χ1) is 8.79. The highest BCUT2D eigenvalue weighted by Gasteiger charge is 2.20. The summed E-state index contributed by atoms with van der Waals surface area (Å²) in [7, 11) is 0. The van der Waals surface area contributed by atoms with Crippen LogP contribution in [0.2, 0.25) is 0 Å². The Bertz CT molecular complexity index is 401. The van der Waals surface area contributed by atoms with Crippen LogP contribution in [0.4, 0.5) is 5.69 Å². The van der Waals surface area contributed by atoms with Gasteiger partial charge in [-0.15, -0.1) is 0 Å². The zero-order valence-corrected chi connectivity index (χ0v) is 10.7. The molecule has 0 radical (unpaired) electrons. The second-order valence-corrected chi connectivity index (χ2v) is 4.49. The molecule has 0 aromatic heterocycles. The lowest BCUT2D eigenvalue weighted by atomic mass is 9.99. The summed E-state index contributed by atoms with van der Waals surface area (Å²) in [6.45, 7) is 4.36. The molecule has 1 atom stereocenters. The Kier molecular flexibility index (Phi) is 4.59. The van der Waals surface area contributed by atoms with E-state index in [0.717, 1.165) is 37.4 Å². The van der Waals surface area contributed by atoms with Gasteiger partial charge in [-0.25, -0.2) is 0 Å². The van der Waals surface area contributed by atoms with E-state index in [-0.39, 0.29) is 11.8 Å². The number of amides is 1. The van der Waals surface area contributed by atoms with E-state index in [0.29, 0.717) is 6.61 Å². The standard InChI is InChI=1S/C14H20N2O2/c1-2-18-13-7-3-6-12(9-13)16-14(17)11-5-4-8-15-10-11/h3,6-7,9,11,15H,2,4-5,8,10H2,1H3,(H,16,17)/t11-/m0/s1. The van der Waals surface area contributed by atoms with Crippen LogP contribution in [0.25, 0.3) is 0 Å². The molecule has 1 amide bonds. The zero-order valence-electron chi connectivity index (χ0n) is 10.7. The maximum Gasteiger partial charge on any atom is 0.228 e. The summed E-state index contributed by atoms with van der Waals surface area (Å²) in [6.07, 6.45) is 2.03. The molecule has 0 bridgehead atoms. The van der Waals surface area contributed by atoms with Gasteiger partial charge in [0, 0.05) is 18.3 Å². The molecule has 2 rings (SSSR count). The SMILES string of the molecule is CCOc1cccc(NC(=O)[C@H]2CCCNC2)c1. The van der Waals surface area contributed by atoms with E-state index >= 15 is 0 Å². The van der Waals surface area contributed by atoms with Crippen molar-refractivity contribution in [2.24, 2.45) is 5.92 Å². The fraction of sp³-hybridized carbons (Fsp3) is 0.500. The van der Waals surface area contributed by atoms with Gasteiger partial charge in [0.05, 0.1) is 12.5 Å². The van der Waals surface area contributed by atoms with Gasteiger partial charge < -0.3 is 15.4 Å². The molecule has 1 heterocycles. The second kappa shape index (κ2) is 6.40. The van der Waals surface area contributed by atoms with Gasteiger partial charge in [-0.1, -0.05) is 6.07 Å². The summed E-state index contributed by atoms with van der Waals surface area (Å²) in [5.41, 5.74) is 0.802. The number of benzene rings is 1. The number of piperidine rings is 1. The van der Waals surface area contributed by atoms with Gasteiger partial charge in [0.15, 0.2) is 0 Å². The Morgan fingerprint density at radius 2 is 2.44 bits per heavy atom. The monoisotopic (exact) mass is 248 g/mol. The summed E-state index contributed by atoms with van der Waals surface area (Å²) >= 11 is 0. The van der Waals surface area contributed by atoms with Crippen LogP contribution < -0.4 is 15.4 Å². The Hall–Kier alpha value is -1.55. The summed E-state index contributed by atoms with van der Waals surface area (Å²) in [4.78, 5) is 12.0. The fourth-order valence-corrected chi connectivity index (χ4v) is 2.15. The average molecular weight is 248 g/mol. The van der Waals surface area contributed by atoms with E-state index in [1.165, 1.54) is 0 Å². The van der Waals surface area contributed by atoms with E-state index in [4.69, 9.17) is 4.74 Å². The second-order valence-electron chi connectivity index (χ2n) is 4.49. The summed E-state index contributed by atoms with van der Waals surface area (Å²) in [6, 6.07) is 7.52. The molecule has 4 heteroatoms. The molecule has 1 aromatic carbocycles. The van der Waals surface area contributed by atoms with Gasteiger partial charge in [0.2, 0.25) is 5.91 Å². The first-order valence-corrected chi connectivity index (χ1v) is 6.54. The first-order valence-electron chi connectivity index (χ1n) is 6.54. The van der Waals surface area contributed by atoms with Crippen LogP contribution in [0.3, 0.4) is 0 Å². The third-order valence-electron chi connectivity index (χ3n) is 3.08.